The van der Waals surface area contributed by atoms with E-state index in [0.717, 1.165) is 50.3 Å². The predicted molar refractivity (Wildman–Crippen MR) is 151 cm³/mol. The summed E-state index contributed by atoms with van der Waals surface area (Å²) in [6.07, 6.45) is 5.18. The third-order valence-electron chi connectivity index (χ3n) is 7.20. The molecular weight excluding hydrogens is 512 g/mol. The summed E-state index contributed by atoms with van der Waals surface area (Å²) < 4.78 is 30.0. The molecule has 8 heteroatoms. The molecule has 0 saturated heterocycles. The fourth-order valence-corrected chi connectivity index (χ4v) is 5.34. The lowest BCUT2D eigenvalue weighted by atomic mass is 9.92. The molecule has 0 bridgehead atoms. The number of anilines is 2. The van der Waals surface area contributed by atoms with Gasteiger partial charge in [-0.1, -0.05) is 45.2 Å². The number of aromatic carboxylic acids is 1. The van der Waals surface area contributed by atoms with Crippen molar-refractivity contribution < 1.29 is 23.5 Å². The number of amides is 1. The van der Waals surface area contributed by atoms with Crippen LogP contribution < -0.4 is 10.2 Å². The monoisotopic (exact) mass is 545 g/mol. The molecule has 3 aromatic rings. The highest BCUT2D eigenvalue weighted by molar-refractivity contribution is 5.99. The molecule has 40 heavy (non-hydrogen) atoms. The minimum atomic E-state index is -1.31. The van der Waals surface area contributed by atoms with E-state index in [0.29, 0.717) is 29.0 Å². The van der Waals surface area contributed by atoms with Crippen LogP contribution in [0, 0.1) is 28.9 Å². The second-order valence-electron chi connectivity index (χ2n) is 10.7. The van der Waals surface area contributed by atoms with E-state index in [1.54, 1.807) is 24.3 Å². The van der Waals surface area contributed by atoms with Gasteiger partial charge in [0.25, 0.3) is 0 Å². The van der Waals surface area contributed by atoms with E-state index in [1.165, 1.54) is 12.1 Å². The first-order chi connectivity index (χ1) is 19.2. The molecule has 1 aliphatic carbocycles. The molecule has 0 atom stereocenters. The summed E-state index contributed by atoms with van der Waals surface area (Å²) in [5.41, 5.74) is 1.58. The van der Waals surface area contributed by atoms with E-state index >= 15 is 4.39 Å². The summed E-state index contributed by atoms with van der Waals surface area (Å²) in [6.45, 7) is 4.80. The van der Waals surface area contributed by atoms with Gasteiger partial charge in [0.1, 0.15) is 11.6 Å². The van der Waals surface area contributed by atoms with Gasteiger partial charge < -0.3 is 15.3 Å². The van der Waals surface area contributed by atoms with Crippen molar-refractivity contribution in [3.63, 3.8) is 0 Å². The van der Waals surface area contributed by atoms with Gasteiger partial charge in [-0.05, 0) is 66.8 Å². The Morgan fingerprint density at radius 3 is 2.35 bits per heavy atom. The van der Waals surface area contributed by atoms with Gasteiger partial charge in [0, 0.05) is 23.7 Å². The van der Waals surface area contributed by atoms with Gasteiger partial charge in [-0.15, -0.1) is 0 Å². The summed E-state index contributed by atoms with van der Waals surface area (Å²) >= 11 is 0. The number of nitrogens with zero attached hydrogens (tertiary/aromatic N) is 2. The normalized spacial score (nSPS) is 13.6. The van der Waals surface area contributed by atoms with Crippen LogP contribution in [0.5, 0.6) is 0 Å². The molecule has 3 aromatic carbocycles. The Kier molecular flexibility index (Phi) is 9.15. The van der Waals surface area contributed by atoms with Crippen LogP contribution in [0.25, 0.3) is 11.1 Å². The summed E-state index contributed by atoms with van der Waals surface area (Å²) in [6, 6.07) is 14.8. The standard InChI is InChI=1S/C32H33F2N3O3/c1-20(2)19-37(24-6-4-3-5-7-24)30-17-28(34)27(26-15-23(33)12-13-25(26)32(39)40)16-29(30)36-31(38)14-21-8-10-22(18-35)11-9-21/h8-13,15-17,20,24H,3-7,14,19H2,1-2H3,(H,36,38)(H,39,40). The van der Waals surface area contributed by atoms with Crippen LogP contribution in [0.4, 0.5) is 20.2 Å². The Labute approximate surface area is 233 Å². The maximum absolute atomic E-state index is 15.8. The minimum absolute atomic E-state index is 0.0197. The Balaban J connectivity index is 1.80. The predicted octanol–water partition coefficient (Wildman–Crippen LogP) is 7.18. The number of benzene rings is 3. The zero-order chi connectivity index (χ0) is 28.8. The minimum Gasteiger partial charge on any atom is -0.478 e. The summed E-state index contributed by atoms with van der Waals surface area (Å²) in [5, 5.41) is 21.7. The second-order valence-corrected chi connectivity index (χ2v) is 10.7. The van der Waals surface area contributed by atoms with Gasteiger partial charge in [-0.25, -0.2) is 13.6 Å². The van der Waals surface area contributed by atoms with E-state index in [-0.39, 0.29) is 41.0 Å². The van der Waals surface area contributed by atoms with Crippen LogP contribution >= 0.6 is 0 Å². The van der Waals surface area contributed by atoms with Gasteiger partial charge in [-0.3, -0.25) is 4.79 Å². The molecular formula is C32H33F2N3O3. The van der Waals surface area contributed by atoms with E-state index < -0.39 is 17.6 Å². The number of carboxylic acids is 1. The van der Waals surface area contributed by atoms with Gasteiger partial charge in [0.05, 0.1) is 35.0 Å². The topological polar surface area (TPSA) is 93.4 Å². The van der Waals surface area contributed by atoms with Crippen molar-refractivity contribution in [3.05, 3.63) is 82.9 Å². The van der Waals surface area contributed by atoms with Crippen LogP contribution in [0.2, 0.25) is 0 Å². The molecule has 0 aromatic heterocycles. The molecule has 0 radical (unpaired) electrons. The highest BCUT2D eigenvalue weighted by atomic mass is 19.1. The molecule has 1 aliphatic rings. The van der Waals surface area contributed by atoms with Crippen molar-refractivity contribution in [1.29, 1.82) is 5.26 Å². The van der Waals surface area contributed by atoms with Crippen molar-refractivity contribution in [2.24, 2.45) is 5.92 Å². The Morgan fingerprint density at radius 1 is 1.02 bits per heavy atom. The fourth-order valence-electron chi connectivity index (χ4n) is 5.34. The number of halogens is 2. The number of carbonyl (C=O) groups is 2. The Bertz CT molecular complexity index is 1420. The molecule has 0 heterocycles. The maximum Gasteiger partial charge on any atom is 0.336 e. The van der Waals surface area contributed by atoms with Gasteiger partial charge >= 0.3 is 5.97 Å². The van der Waals surface area contributed by atoms with Crippen molar-refractivity contribution in [3.8, 4) is 17.2 Å². The maximum atomic E-state index is 15.8. The first-order valence-corrected chi connectivity index (χ1v) is 13.6. The Hall–Kier alpha value is -4.25. The molecule has 0 unspecified atom stereocenters. The first kappa shape index (κ1) is 28.8. The SMILES string of the molecule is CC(C)CN(c1cc(F)c(-c2cc(F)ccc2C(=O)O)cc1NC(=O)Cc1ccc(C#N)cc1)C1CCCCC1. The van der Waals surface area contributed by atoms with Crippen LogP contribution in [0.1, 0.15) is 67.4 Å². The summed E-state index contributed by atoms with van der Waals surface area (Å²) in [4.78, 5) is 27.3. The average Bonchev–Trinajstić information content (AvgIpc) is 2.93. The van der Waals surface area contributed by atoms with E-state index in [9.17, 15) is 19.1 Å². The average molecular weight is 546 g/mol. The quantitative estimate of drug-likeness (QED) is 0.297. The third-order valence-corrected chi connectivity index (χ3v) is 7.20. The molecule has 2 N–H and O–H groups in total. The van der Waals surface area contributed by atoms with Crippen molar-refractivity contribution in [2.45, 2.75) is 58.4 Å². The number of hydrogen-bond donors (Lipinski definition) is 2. The largest absolute Gasteiger partial charge is 0.478 e. The molecule has 0 aliphatic heterocycles. The number of nitrogens with one attached hydrogen (secondary N) is 1. The first-order valence-electron chi connectivity index (χ1n) is 13.6. The number of hydrogen-bond acceptors (Lipinski definition) is 4. The zero-order valence-electron chi connectivity index (χ0n) is 22.7. The highest BCUT2D eigenvalue weighted by Crippen LogP contribution is 2.39. The molecule has 1 saturated carbocycles. The lowest BCUT2D eigenvalue weighted by molar-refractivity contribution is -0.115. The summed E-state index contributed by atoms with van der Waals surface area (Å²) in [5.74, 6) is -2.80. The molecule has 0 spiro atoms. The van der Waals surface area contributed by atoms with Gasteiger partial charge in [0.15, 0.2) is 0 Å². The van der Waals surface area contributed by atoms with Crippen molar-refractivity contribution in [2.75, 3.05) is 16.8 Å². The van der Waals surface area contributed by atoms with Crippen LogP contribution in [0.3, 0.4) is 0 Å². The second kappa shape index (κ2) is 12.7. The van der Waals surface area contributed by atoms with E-state index in [1.807, 2.05) is 6.07 Å². The Morgan fingerprint density at radius 2 is 1.73 bits per heavy atom. The lowest BCUT2D eigenvalue weighted by Gasteiger charge is -2.38. The summed E-state index contributed by atoms with van der Waals surface area (Å²) in [7, 11) is 0. The number of carboxylic acid groups (broad SMARTS) is 1. The smallest absolute Gasteiger partial charge is 0.336 e. The number of rotatable bonds is 9. The number of carbonyl (C=O) groups excluding carboxylic acids is 1. The van der Waals surface area contributed by atoms with Crippen LogP contribution in [-0.4, -0.2) is 29.6 Å². The molecule has 208 valence electrons. The highest BCUT2D eigenvalue weighted by Gasteiger charge is 2.27. The molecule has 6 nitrogen and oxygen atoms in total. The molecule has 4 rings (SSSR count). The third kappa shape index (κ3) is 6.84. The molecule has 1 fully saturated rings. The van der Waals surface area contributed by atoms with Gasteiger partial charge in [0.2, 0.25) is 5.91 Å². The van der Waals surface area contributed by atoms with Crippen LogP contribution in [0.15, 0.2) is 54.6 Å². The zero-order valence-corrected chi connectivity index (χ0v) is 22.7. The van der Waals surface area contributed by atoms with E-state index in [4.69, 9.17) is 5.26 Å². The van der Waals surface area contributed by atoms with Crippen LogP contribution in [-0.2, 0) is 11.2 Å². The lowest BCUT2D eigenvalue weighted by Crippen LogP contribution is -2.40. The number of nitriles is 1. The van der Waals surface area contributed by atoms with Gasteiger partial charge in [-0.2, -0.15) is 5.26 Å². The van der Waals surface area contributed by atoms with Crippen molar-refractivity contribution in [1.82, 2.24) is 0 Å². The fraction of sp³-hybridized carbons (Fsp3) is 0.344. The molecule has 1 amide bonds. The van der Waals surface area contributed by atoms with Crippen molar-refractivity contribution >= 4 is 23.3 Å². The van der Waals surface area contributed by atoms with E-state index in [2.05, 4.69) is 24.1 Å².